The van der Waals surface area contributed by atoms with Crippen molar-refractivity contribution < 1.29 is 9.53 Å². The Balaban J connectivity index is 1.86. The van der Waals surface area contributed by atoms with Crippen LogP contribution in [0.25, 0.3) is 0 Å². The number of rotatable bonds is 5. The van der Waals surface area contributed by atoms with Gasteiger partial charge in [-0.25, -0.2) is 0 Å². The van der Waals surface area contributed by atoms with E-state index in [4.69, 9.17) is 4.74 Å². The van der Waals surface area contributed by atoms with Crippen LogP contribution < -0.4 is 10.1 Å². The zero-order valence-corrected chi connectivity index (χ0v) is 11.7. The number of methoxy groups -OCH3 is 1. The largest absolute Gasteiger partial charge is 0.497 e. The van der Waals surface area contributed by atoms with Gasteiger partial charge in [0, 0.05) is 18.2 Å². The van der Waals surface area contributed by atoms with Crippen molar-refractivity contribution in [2.75, 3.05) is 26.7 Å². The van der Waals surface area contributed by atoms with Crippen LogP contribution in [0.1, 0.15) is 30.1 Å². The van der Waals surface area contributed by atoms with Gasteiger partial charge >= 0.3 is 0 Å². The molecule has 1 atom stereocenters. The molecule has 2 rings (SSSR count). The molecule has 0 bridgehead atoms. The number of hydrogen-bond acceptors (Lipinski definition) is 3. The van der Waals surface area contributed by atoms with E-state index in [0.29, 0.717) is 23.9 Å². The monoisotopic (exact) mass is 262 g/mol. The molecule has 4 heteroatoms. The quantitative estimate of drug-likeness (QED) is 0.881. The number of hydrogen-bond donors (Lipinski definition) is 1. The molecule has 1 fully saturated rings. The Hall–Kier alpha value is -1.55. The average molecular weight is 262 g/mol. The Bertz CT molecular complexity index is 428. The number of ether oxygens (including phenoxy) is 1. The van der Waals surface area contributed by atoms with Gasteiger partial charge in [0.15, 0.2) is 0 Å². The molecule has 1 heterocycles. The molecule has 1 aliphatic rings. The fraction of sp³-hybridized carbons (Fsp3) is 0.533. The van der Waals surface area contributed by atoms with Gasteiger partial charge in [0.25, 0.3) is 5.91 Å². The first-order chi connectivity index (χ1) is 9.20. The van der Waals surface area contributed by atoms with Crippen molar-refractivity contribution in [3.05, 3.63) is 29.8 Å². The lowest BCUT2D eigenvalue weighted by molar-refractivity contribution is 0.0940. The van der Waals surface area contributed by atoms with Crippen molar-refractivity contribution in [2.24, 2.45) is 0 Å². The maximum Gasteiger partial charge on any atom is 0.251 e. The first-order valence-corrected chi connectivity index (χ1v) is 6.87. The molecule has 1 amide bonds. The smallest absolute Gasteiger partial charge is 0.251 e. The van der Waals surface area contributed by atoms with E-state index in [9.17, 15) is 4.79 Å². The van der Waals surface area contributed by atoms with Gasteiger partial charge in [-0.2, -0.15) is 0 Å². The molecule has 1 aromatic carbocycles. The molecule has 0 aliphatic carbocycles. The van der Waals surface area contributed by atoms with Crippen LogP contribution in [0.4, 0.5) is 0 Å². The lowest BCUT2D eigenvalue weighted by Crippen LogP contribution is -2.40. The van der Waals surface area contributed by atoms with E-state index < -0.39 is 0 Å². The van der Waals surface area contributed by atoms with Crippen molar-refractivity contribution >= 4 is 5.91 Å². The van der Waals surface area contributed by atoms with E-state index in [2.05, 4.69) is 17.1 Å². The highest BCUT2D eigenvalue weighted by molar-refractivity contribution is 5.94. The van der Waals surface area contributed by atoms with E-state index in [-0.39, 0.29) is 5.91 Å². The number of benzene rings is 1. The van der Waals surface area contributed by atoms with Gasteiger partial charge in [-0.1, -0.05) is 6.07 Å². The van der Waals surface area contributed by atoms with Gasteiger partial charge in [-0.3, -0.25) is 9.69 Å². The van der Waals surface area contributed by atoms with Crippen LogP contribution in [-0.4, -0.2) is 43.6 Å². The maximum atomic E-state index is 12.0. The topological polar surface area (TPSA) is 41.6 Å². The Morgan fingerprint density at radius 3 is 2.84 bits per heavy atom. The average Bonchev–Trinajstić information content (AvgIpc) is 2.98. The van der Waals surface area contributed by atoms with E-state index in [1.807, 2.05) is 12.1 Å². The van der Waals surface area contributed by atoms with Gasteiger partial charge in [0.2, 0.25) is 0 Å². The molecule has 0 radical (unpaired) electrons. The highest BCUT2D eigenvalue weighted by Gasteiger charge is 2.18. The summed E-state index contributed by atoms with van der Waals surface area (Å²) < 4.78 is 5.12. The first kappa shape index (κ1) is 13.9. The highest BCUT2D eigenvalue weighted by Crippen LogP contribution is 2.13. The minimum atomic E-state index is -0.0371. The number of likely N-dealkylation sites (tertiary alicyclic amines) is 1. The second-order valence-electron chi connectivity index (χ2n) is 5.03. The van der Waals surface area contributed by atoms with Crippen LogP contribution >= 0.6 is 0 Å². The lowest BCUT2D eigenvalue weighted by Gasteiger charge is -2.23. The van der Waals surface area contributed by atoms with Gasteiger partial charge in [0.1, 0.15) is 5.75 Å². The van der Waals surface area contributed by atoms with Gasteiger partial charge in [-0.15, -0.1) is 0 Å². The molecule has 1 aromatic rings. The Labute approximate surface area is 114 Å². The summed E-state index contributed by atoms with van der Waals surface area (Å²) in [6, 6.07) is 7.63. The summed E-state index contributed by atoms with van der Waals surface area (Å²) in [4.78, 5) is 14.5. The summed E-state index contributed by atoms with van der Waals surface area (Å²) in [7, 11) is 1.60. The molecule has 1 saturated heterocycles. The fourth-order valence-corrected chi connectivity index (χ4v) is 2.42. The molecule has 19 heavy (non-hydrogen) atoms. The number of nitrogens with zero attached hydrogens (tertiary/aromatic N) is 1. The summed E-state index contributed by atoms with van der Waals surface area (Å²) in [6.07, 6.45) is 2.54. The van der Waals surface area contributed by atoms with Crippen LogP contribution in [-0.2, 0) is 0 Å². The molecular formula is C15H22N2O2. The third-order valence-corrected chi connectivity index (χ3v) is 3.65. The number of amides is 1. The third-order valence-electron chi connectivity index (χ3n) is 3.65. The van der Waals surface area contributed by atoms with Gasteiger partial charge in [0.05, 0.1) is 7.11 Å². The third kappa shape index (κ3) is 3.70. The van der Waals surface area contributed by atoms with Crippen molar-refractivity contribution in [2.45, 2.75) is 25.8 Å². The molecule has 1 N–H and O–H groups in total. The minimum Gasteiger partial charge on any atom is -0.497 e. The normalized spacial score (nSPS) is 17.2. The maximum absolute atomic E-state index is 12.0. The zero-order valence-electron chi connectivity index (χ0n) is 11.7. The standard InChI is InChI=1S/C15H22N2O2/c1-12(17-8-3-4-9-17)11-16-15(18)13-6-5-7-14(10-13)19-2/h5-7,10,12H,3-4,8-9,11H2,1-2H3,(H,16,18). The van der Waals surface area contributed by atoms with Crippen LogP contribution in [0.2, 0.25) is 0 Å². The first-order valence-electron chi connectivity index (χ1n) is 6.87. The second-order valence-corrected chi connectivity index (χ2v) is 5.03. The van der Waals surface area contributed by atoms with Crippen LogP contribution in [0.5, 0.6) is 5.75 Å². The summed E-state index contributed by atoms with van der Waals surface area (Å²) in [5, 5.41) is 2.99. The summed E-state index contributed by atoms with van der Waals surface area (Å²) in [5.74, 6) is 0.671. The number of carbonyl (C=O) groups is 1. The Morgan fingerprint density at radius 1 is 1.42 bits per heavy atom. The van der Waals surface area contributed by atoms with Gasteiger partial charge in [-0.05, 0) is 51.1 Å². The SMILES string of the molecule is COc1cccc(C(=O)NCC(C)N2CCCC2)c1. The molecule has 4 nitrogen and oxygen atoms in total. The Kier molecular flexibility index (Phi) is 4.80. The molecule has 1 aliphatic heterocycles. The van der Waals surface area contributed by atoms with E-state index >= 15 is 0 Å². The molecule has 1 unspecified atom stereocenters. The Morgan fingerprint density at radius 2 is 2.16 bits per heavy atom. The highest BCUT2D eigenvalue weighted by atomic mass is 16.5. The van der Waals surface area contributed by atoms with Gasteiger partial charge < -0.3 is 10.1 Å². The van der Waals surface area contributed by atoms with Crippen LogP contribution in [0, 0.1) is 0 Å². The predicted octanol–water partition coefficient (Wildman–Crippen LogP) is 1.91. The number of carbonyl (C=O) groups excluding carboxylic acids is 1. The molecular weight excluding hydrogens is 240 g/mol. The van der Waals surface area contributed by atoms with Crippen molar-refractivity contribution in [1.82, 2.24) is 10.2 Å². The van der Waals surface area contributed by atoms with Crippen molar-refractivity contribution in [3.63, 3.8) is 0 Å². The van der Waals surface area contributed by atoms with E-state index in [1.54, 1.807) is 19.2 Å². The minimum absolute atomic E-state index is 0.0371. The van der Waals surface area contributed by atoms with Crippen LogP contribution in [0.3, 0.4) is 0 Å². The fourth-order valence-electron chi connectivity index (χ4n) is 2.42. The molecule has 0 saturated carbocycles. The predicted molar refractivity (Wildman–Crippen MR) is 75.6 cm³/mol. The number of nitrogens with one attached hydrogen (secondary N) is 1. The van der Waals surface area contributed by atoms with Crippen molar-refractivity contribution in [1.29, 1.82) is 0 Å². The molecule has 104 valence electrons. The summed E-state index contributed by atoms with van der Waals surface area (Å²) >= 11 is 0. The molecule has 0 spiro atoms. The second kappa shape index (κ2) is 6.57. The van der Waals surface area contributed by atoms with Crippen molar-refractivity contribution in [3.8, 4) is 5.75 Å². The summed E-state index contributed by atoms with van der Waals surface area (Å²) in [6.45, 7) is 5.15. The summed E-state index contributed by atoms with van der Waals surface area (Å²) in [5.41, 5.74) is 0.646. The molecule has 0 aromatic heterocycles. The van der Waals surface area contributed by atoms with Crippen LogP contribution in [0.15, 0.2) is 24.3 Å². The van der Waals surface area contributed by atoms with E-state index in [0.717, 1.165) is 13.1 Å². The van der Waals surface area contributed by atoms with E-state index in [1.165, 1.54) is 12.8 Å². The lowest BCUT2D eigenvalue weighted by atomic mass is 10.2. The zero-order chi connectivity index (χ0) is 13.7.